The van der Waals surface area contributed by atoms with E-state index in [9.17, 15) is 45.4 Å². The molecule has 15 heteroatoms. The number of carboxylic acid groups (broad SMARTS) is 1. The van der Waals surface area contributed by atoms with E-state index in [2.05, 4.69) is 9.97 Å². The van der Waals surface area contributed by atoms with Gasteiger partial charge in [0.2, 0.25) is 0 Å². The maximum absolute atomic E-state index is 14.4. The summed E-state index contributed by atoms with van der Waals surface area (Å²) in [4.78, 5) is 33.6. The fourth-order valence-electron chi connectivity index (χ4n) is 4.45. The molecule has 2 N–H and O–H groups in total. The van der Waals surface area contributed by atoms with Crippen LogP contribution >= 0.6 is 0 Å². The van der Waals surface area contributed by atoms with Crippen LogP contribution in [-0.2, 0) is 19.3 Å². The summed E-state index contributed by atoms with van der Waals surface area (Å²) in [7, 11) is 0. The van der Waals surface area contributed by atoms with E-state index in [1.807, 2.05) is 5.32 Å². The number of carbonyl (C=O) groups is 1. The number of nitrogens with one attached hydrogen (secondary N) is 1. The van der Waals surface area contributed by atoms with Gasteiger partial charge in [-0.15, -0.1) is 0 Å². The maximum Gasteiger partial charge on any atom is 0.417 e. The number of nitrogens with zero attached hydrogens (tertiary/aromatic N) is 4. The number of hydrogen-bond donors (Lipinski definition) is 2. The number of pyridine rings is 2. The third kappa shape index (κ3) is 5.01. The first-order valence-corrected chi connectivity index (χ1v) is 11.4. The molecular weight excluding hydrogens is 551 g/mol. The Labute approximate surface area is 219 Å². The lowest BCUT2D eigenvalue weighted by Gasteiger charge is -2.26. The van der Waals surface area contributed by atoms with Crippen LogP contribution in [0.4, 0.5) is 42.2 Å². The largest absolute Gasteiger partial charge is 0.476 e. The zero-order valence-corrected chi connectivity index (χ0v) is 19.9. The number of hydrogen-bond acceptors (Lipinski definition) is 6. The van der Waals surface area contributed by atoms with Crippen LogP contribution in [0, 0.1) is 5.82 Å². The van der Waals surface area contributed by atoms with Crippen molar-refractivity contribution in [3.63, 3.8) is 0 Å². The summed E-state index contributed by atoms with van der Waals surface area (Å²) < 4.78 is 98.5. The third-order valence-corrected chi connectivity index (χ3v) is 6.27. The highest BCUT2D eigenvalue weighted by Crippen LogP contribution is 2.40. The lowest BCUT2D eigenvalue weighted by Crippen LogP contribution is -2.31. The predicted molar refractivity (Wildman–Crippen MR) is 126 cm³/mol. The van der Waals surface area contributed by atoms with Gasteiger partial charge in [0.1, 0.15) is 17.3 Å². The number of anilines is 2. The van der Waals surface area contributed by atoms with Crippen molar-refractivity contribution in [3.8, 4) is 0 Å². The molecule has 4 heterocycles. The van der Waals surface area contributed by atoms with Gasteiger partial charge in [0.25, 0.3) is 5.56 Å². The molecule has 1 aromatic carbocycles. The Morgan fingerprint density at radius 2 is 1.75 bits per heavy atom. The number of benzene rings is 1. The maximum atomic E-state index is 14.4. The molecular formula is C25H16F7N5O3. The van der Waals surface area contributed by atoms with Crippen molar-refractivity contribution < 1.29 is 40.6 Å². The number of rotatable bonds is 5. The second kappa shape index (κ2) is 9.50. The summed E-state index contributed by atoms with van der Waals surface area (Å²) in [6.07, 6.45) is -9.07. The lowest BCUT2D eigenvalue weighted by molar-refractivity contribution is -0.145. The molecule has 40 heavy (non-hydrogen) atoms. The summed E-state index contributed by atoms with van der Waals surface area (Å²) in [5.41, 5.74) is -4.69. The van der Waals surface area contributed by atoms with Gasteiger partial charge >= 0.3 is 18.3 Å². The van der Waals surface area contributed by atoms with Crippen molar-refractivity contribution in [2.24, 2.45) is 0 Å². The predicted octanol–water partition coefficient (Wildman–Crippen LogP) is 5.18. The van der Waals surface area contributed by atoms with E-state index >= 15 is 0 Å². The highest BCUT2D eigenvalue weighted by atomic mass is 19.4. The van der Waals surface area contributed by atoms with Crippen LogP contribution in [0.3, 0.4) is 0 Å². The Hall–Kier alpha value is -4.69. The molecule has 4 aromatic rings. The van der Waals surface area contributed by atoms with Gasteiger partial charge in [0, 0.05) is 37.1 Å². The standard InChI is InChI=1S/C25H16F7N5O3/c26-15-4-3-12-9-36(10-13(12)6-15)18-8-19(38)37-11-14(24(27,28)29)7-16(22(37)35-18)21(25(30,31)32)34-17-2-1-5-33-20(17)23(39)40/h1-8,11,21,34H,9-10H2,(H,39,40). The molecule has 1 atom stereocenters. The number of aromatic carboxylic acids is 1. The van der Waals surface area contributed by atoms with Crippen LogP contribution in [-0.4, -0.2) is 31.6 Å². The van der Waals surface area contributed by atoms with Crippen LogP contribution in [0.5, 0.6) is 0 Å². The molecule has 1 unspecified atom stereocenters. The molecule has 0 amide bonds. The summed E-state index contributed by atoms with van der Waals surface area (Å²) >= 11 is 0. The molecule has 0 saturated carbocycles. The van der Waals surface area contributed by atoms with E-state index in [1.165, 1.54) is 23.1 Å². The van der Waals surface area contributed by atoms with Gasteiger partial charge in [-0.2, -0.15) is 26.3 Å². The quantitative estimate of drug-likeness (QED) is 0.321. The first kappa shape index (κ1) is 26.9. The smallest absolute Gasteiger partial charge is 0.417 e. The van der Waals surface area contributed by atoms with E-state index in [4.69, 9.17) is 0 Å². The number of halogens is 7. The fraction of sp³-hybridized carbons (Fsp3) is 0.200. The molecule has 5 rings (SSSR count). The third-order valence-electron chi connectivity index (χ3n) is 6.27. The number of alkyl halides is 6. The molecule has 1 aliphatic rings. The normalized spacial score (nSPS) is 14.3. The zero-order chi connectivity index (χ0) is 29.0. The van der Waals surface area contributed by atoms with Gasteiger partial charge in [-0.3, -0.25) is 9.20 Å². The van der Waals surface area contributed by atoms with Crippen molar-refractivity contribution >= 4 is 23.1 Å². The van der Waals surface area contributed by atoms with Gasteiger partial charge in [-0.25, -0.2) is 19.2 Å². The zero-order valence-electron chi connectivity index (χ0n) is 19.9. The average Bonchev–Trinajstić information content (AvgIpc) is 3.29. The topological polar surface area (TPSA) is 99.8 Å². The van der Waals surface area contributed by atoms with E-state index < -0.39 is 63.9 Å². The number of carboxylic acids is 1. The molecule has 208 valence electrons. The summed E-state index contributed by atoms with van der Waals surface area (Å²) in [6.45, 7) is 0.164. The Morgan fingerprint density at radius 1 is 1.02 bits per heavy atom. The van der Waals surface area contributed by atoms with Crippen LogP contribution < -0.4 is 15.8 Å². The molecule has 0 bridgehead atoms. The minimum absolute atomic E-state index is 0.0459. The van der Waals surface area contributed by atoms with Gasteiger partial charge in [-0.1, -0.05) is 6.07 Å². The average molecular weight is 567 g/mol. The highest BCUT2D eigenvalue weighted by Gasteiger charge is 2.44. The van der Waals surface area contributed by atoms with Gasteiger partial charge in [0.15, 0.2) is 11.7 Å². The Kier molecular flexibility index (Phi) is 6.39. The Bertz CT molecular complexity index is 1700. The van der Waals surface area contributed by atoms with Gasteiger partial charge in [0.05, 0.1) is 11.3 Å². The minimum atomic E-state index is -5.29. The molecule has 0 spiro atoms. The summed E-state index contributed by atoms with van der Waals surface area (Å²) in [6, 6.07) is 4.22. The second-order valence-corrected chi connectivity index (χ2v) is 8.92. The first-order valence-electron chi connectivity index (χ1n) is 11.4. The van der Waals surface area contributed by atoms with Crippen molar-refractivity contribution in [1.29, 1.82) is 0 Å². The summed E-state index contributed by atoms with van der Waals surface area (Å²) in [5, 5.41) is 11.3. The first-order chi connectivity index (χ1) is 18.7. The van der Waals surface area contributed by atoms with E-state index in [-0.39, 0.29) is 25.0 Å². The van der Waals surface area contributed by atoms with Crippen LogP contribution in [0.15, 0.2) is 59.7 Å². The van der Waals surface area contributed by atoms with Crippen molar-refractivity contribution in [2.45, 2.75) is 31.5 Å². The molecule has 8 nitrogen and oxygen atoms in total. The van der Waals surface area contributed by atoms with E-state index in [0.29, 0.717) is 21.7 Å². The van der Waals surface area contributed by atoms with Crippen LogP contribution in [0.2, 0.25) is 0 Å². The molecule has 0 saturated heterocycles. The lowest BCUT2D eigenvalue weighted by atomic mass is 10.0. The van der Waals surface area contributed by atoms with Gasteiger partial charge in [-0.05, 0) is 41.5 Å². The number of fused-ring (bicyclic) bond motifs is 2. The minimum Gasteiger partial charge on any atom is -0.476 e. The molecule has 0 aliphatic carbocycles. The fourth-order valence-corrected chi connectivity index (χ4v) is 4.45. The Balaban J connectivity index is 1.71. The highest BCUT2D eigenvalue weighted by molar-refractivity contribution is 5.92. The van der Waals surface area contributed by atoms with Gasteiger partial charge < -0.3 is 15.3 Å². The van der Waals surface area contributed by atoms with E-state index in [0.717, 1.165) is 24.4 Å². The van der Waals surface area contributed by atoms with Crippen molar-refractivity contribution in [1.82, 2.24) is 14.4 Å². The van der Waals surface area contributed by atoms with E-state index in [1.54, 1.807) is 0 Å². The second-order valence-electron chi connectivity index (χ2n) is 8.92. The molecule has 0 radical (unpaired) electrons. The molecule has 3 aromatic heterocycles. The SMILES string of the molecule is O=C(O)c1ncccc1NC(c1cc(C(F)(F)F)cn2c(=O)cc(N3Cc4ccc(F)cc4C3)nc12)C(F)(F)F. The van der Waals surface area contributed by atoms with Crippen LogP contribution in [0.25, 0.3) is 5.65 Å². The number of aromatic nitrogens is 3. The van der Waals surface area contributed by atoms with Crippen LogP contribution in [0.1, 0.15) is 38.8 Å². The monoisotopic (exact) mass is 567 g/mol. The van der Waals surface area contributed by atoms with Crippen molar-refractivity contribution in [3.05, 3.63) is 99.0 Å². The van der Waals surface area contributed by atoms with Crippen molar-refractivity contribution in [2.75, 3.05) is 10.2 Å². The Morgan fingerprint density at radius 3 is 2.42 bits per heavy atom. The molecule has 1 aliphatic heterocycles. The summed E-state index contributed by atoms with van der Waals surface area (Å²) in [5.74, 6) is -2.35. The molecule has 0 fully saturated rings.